The number of hydrogen-bond donors (Lipinski definition) is 0. The first kappa shape index (κ1) is 13.5. The smallest absolute Gasteiger partial charge is 0.229 e. The zero-order valence-corrected chi connectivity index (χ0v) is 13.1. The van der Waals surface area contributed by atoms with Crippen LogP contribution in [-0.2, 0) is 0 Å². The Balaban J connectivity index is 1.96. The summed E-state index contributed by atoms with van der Waals surface area (Å²) in [6.07, 6.45) is 0. The van der Waals surface area contributed by atoms with Crippen LogP contribution in [-0.4, -0.2) is 11.6 Å². The fourth-order valence-corrected chi connectivity index (χ4v) is 3.67. The molecule has 0 fully saturated rings. The Labute approximate surface area is 141 Å². The van der Waals surface area contributed by atoms with Crippen molar-refractivity contribution in [3.8, 4) is 0 Å². The lowest BCUT2D eigenvalue weighted by Crippen LogP contribution is -2.19. The molecule has 0 unspecified atom stereocenters. The molecule has 1 aliphatic carbocycles. The molecule has 3 aromatic carbocycles. The van der Waals surface area contributed by atoms with Crippen LogP contribution in [0.15, 0.2) is 59.0 Å². The van der Waals surface area contributed by atoms with Crippen LogP contribution in [0.1, 0.15) is 32.0 Å². The SMILES string of the molecule is O=C1c2ccccc2C(=O)c2c1oc1c2cc(Cl)c2ccccc21. The van der Waals surface area contributed by atoms with E-state index in [1.54, 1.807) is 30.3 Å². The molecule has 1 heterocycles. The molecular formula is C20H9ClO3. The summed E-state index contributed by atoms with van der Waals surface area (Å²) in [6.45, 7) is 0. The number of carbonyl (C=O) groups is 2. The second-order valence-corrected chi connectivity index (χ2v) is 6.20. The van der Waals surface area contributed by atoms with Gasteiger partial charge in [-0.3, -0.25) is 9.59 Å². The number of halogens is 1. The van der Waals surface area contributed by atoms with Crippen molar-refractivity contribution in [2.75, 3.05) is 0 Å². The molecule has 4 heteroatoms. The number of benzene rings is 3. The van der Waals surface area contributed by atoms with Crippen molar-refractivity contribution in [1.29, 1.82) is 0 Å². The molecule has 0 saturated carbocycles. The minimum atomic E-state index is -0.267. The maximum absolute atomic E-state index is 12.9. The van der Waals surface area contributed by atoms with E-state index >= 15 is 0 Å². The Morgan fingerprint density at radius 3 is 2.12 bits per heavy atom. The Morgan fingerprint density at radius 1 is 0.750 bits per heavy atom. The average molecular weight is 333 g/mol. The van der Waals surface area contributed by atoms with Crippen LogP contribution >= 0.6 is 11.6 Å². The molecular weight excluding hydrogens is 324 g/mol. The molecule has 0 bridgehead atoms. The Bertz CT molecular complexity index is 1200. The lowest BCUT2D eigenvalue weighted by Gasteiger charge is -2.12. The first-order valence-electron chi connectivity index (χ1n) is 7.49. The number of carbonyl (C=O) groups excluding carboxylic acids is 2. The highest BCUT2D eigenvalue weighted by Crippen LogP contribution is 2.40. The molecule has 0 N–H and O–H groups in total. The zero-order valence-electron chi connectivity index (χ0n) is 12.3. The van der Waals surface area contributed by atoms with Crippen molar-refractivity contribution >= 4 is 44.9 Å². The van der Waals surface area contributed by atoms with Gasteiger partial charge in [-0.2, -0.15) is 0 Å². The summed E-state index contributed by atoms with van der Waals surface area (Å²) in [7, 11) is 0. The minimum absolute atomic E-state index is 0.0983. The average Bonchev–Trinajstić information content (AvgIpc) is 3.00. The highest BCUT2D eigenvalue weighted by atomic mass is 35.5. The van der Waals surface area contributed by atoms with E-state index in [2.05, 4.69) is 0 Å². The molecule has 1 aliphatic rings. The predicted molar refractivity (Wildman–Crippen MR) is 92.0 cm³/mol. The highest BCUT2D eigenvalue weighted by Gasteiger charge is 2.35. The molecule has 3 nitrogen and oxygen atoms in total. The summed E-state index contributed by atoms with van der Waals surface area (Å²) in [6, 6.07) is 16.0. The van der Waals surface area contributed by atoms with Crippen LogP contribution in [0.4, 0.5) is 0 Å². The summed E-state index contributed by atoms with van der Waals surface area (Å²) in [5, 5.41) is 2.73. The lowest BCUT2D eigenvalue weighted by atomic mass is 9.87. The van der Waals surface area contributed by atoms with Gasteiger partial charge in [0.15, 0.2) is 11.5 Å². The van der Waals surface area contributed by atoms with Crippen LogP contribution in [0.25, 0.3) is 21.7 Å². The maximum Gasteiger partial charge on any atom is 0.229 e. The van der Waals surface area contributed by atoms with E-state index < -0.39 is 0 Å². The van der Waals surface area contributed by atoms with Crippen LogP contribution in [0.3, 0.4) is 0 Å². The Hall–Kier alpha value is -2.91. The summed E-state index contributed by atoms with van der Waals surface area (Å²) < 4.78 is 5.87. The van der Waals surface area contributed by atoms with Crippen LogP contribution in [0, 0.1) is 0 Å². The summed E-state index contributed by atoms with van der Waals surface area (Å²) in [4.78, 5) is 25.7. The molecule has 5 rings (SSSR count). The van der Waals surface area contributed by atoms with Gasteiger partial charge in [0.25, 0.3) is 0 Å². The minimum Gasteiger partial charge on any atom is -0.451 e. The molecule has 0 spiro atoms. The first-order chi connectivity index (χ1) is 11.7. The number of ketones is 2. The van der Waals surface area contributed by atoms with Crippen molar-refractivity contribution in [1.82, 2.24) is 0 Å². The van der Waals surface area contributed by atoms with Crippen LogP contribution in [0.5, 0.6) is 0 Å². The van der Waals surface area contributed by atoms with Gasteiger partial charge in [0.05, 0.1) is 5.56 Å². The van der Waals surface area contributed by atoms with E-state index in [-0.39, 0.29) is 17.3 Å². The van der Waals surface area contributed by atoms with Crippen molar-refractivity contribution in [3.05, 3.63) is 82.1 Å². The Morgan fingerprint density at radius 2 is 1.38 bits per heavy atom. The predicted octanol–water partition coefficient (Wildman–Crippen LogP) is 5.01. The molecule has 0 radical (unpaired) electrons. The number of rotatable bonds is 0. The van der Waals surface area contributed by atoms with E-state index in [4.69, 9.17) is 16.0 Å². The second-order valence-electron chi connectivity index (χ2n) is 5.79. The molecule has 0 atom stereocenters. The van der Waals surface area contributed by atoms with Crippen molar-refractivity contribution in [2.24, 2.45) is 0 Å². The van der Waals surface area contributed by atoms with Gasteiger partial charge in [0, 0.05) is 32.3 Å². The van der Waals surface area contributed by atoms with E-state index in [0.29, 0.717) is 32.7 Å². The van der Waals surface area contributed by atoms with Crippen LogP contribution in [0.2, 0.25) is 5.02 Å². The summed E-state index contributed by atoms with van der Waals surface area (Å²) >= 11 is 6.38. The molecule has 0 saturated heterocycles. The normalized spacial score (nSPS) is 13.4. The van der Waals surface area contributed by atoms with Gasteiger partial charge in [-0.25, -0.2) is 0 Å². The summed E-state index contributed by atoms with van der Waals surface area (Å²) in [5.74, 6) is -0.372. The van der Waals surface area contributed by atoms with E-state index in [0.717, 1.165) is 10.8 Å². The standard InChI is InChI=1S/C20H9ClO3/c21-15-9-14-16-17(22)11-6-2-3-7-12(11)18(23)20(16)24-19(14)13-8-4-1-5-10(13)15/h1-9H. The Kier molecular flexibility index (Phi) is 2.57. The van der Waals surface area contributed by atoms with Gasteiger partial charge in [0.1, 0.15) is 5.58 Å². The van der Waals surface area contributed by atoms with Crippen molar-refractivity contribution < 1.29 is 14.0 Å². The van der Waals surface area contributed by atoms with Gasteiger partial charge < -0.3 is 4.42 Å². The molecule has 1 aromatic heterocycles. The molecule has 24 heavy (non-hydrogen) atoms. The van der Waals surface area contributed by atoms with E-state index in [1.807, 2.05) is 24.3 Å². The van der Waals surface area contributed by atoms with Crippen molar-refractivity contribution in [2.45, 2.75) is 0 Å². The molecule has 0 amide bonds. The third-order valence-electron chi connectivity index (χ3n) is 4.49. The van der Waals surface area contributed by atoms with Crippen molar-refractivity contribution in [3.63, 3.8) is 0 Å². The fourth-order valence-electron chi connectivity index (χ4n) is 3.40. The van der Waals surface area contributed by atoms with E-state index in [9.17, 15) is 9.59 Å². The molecule has 0 aliphatic heterocycles. The fraction of sp³-hybridized carbons (Fsp3) is 0. The lowest BCUT2D eigenvalue weighted by molar-refractivity contribution is 0.0962. The van der Waals surface area contributed by atoms with Gasteiger partial charge in [0.2, 0.25) is 5.78 Å². The van der Waals surface area contributed by atoms with Gasteiger partial charge in [-0.05, 0) is 6.07 Å². The third-order valence-corrected chi connectivity index (χ3v) is 4.81. The van der Waals surface area contributed by atoms with Gasteiger partial charge >= 0.3 is 0 Å². The first-order valence-corrected chi connectivity index (χ1v) is 7.87. The van der Waals surface area contributed by atoms with E-state index in [1.165, 1.54) is 0 Å². The van der Waals surface area contributed by atoms with Crippen LogP contribution < -0.4 is 0 Å². The molecule has 4 aromatic rings. The van der Waals surface area contributed by atoms with Gasteiger partial charge in [-0.15, -0.1) is 0 Å². The maximum atomic E-state index is 12.9. The third kappa shape index (κ3) is 1.57. The highest BCUT2D eigenvalue weighted by molar-refractivity contribution is 6.39. The monoisotopic (exact) mass is 332 g/mol. The number of fused-ring (bicyclic) bond motifs is 6. The van der Waals surface area contributed by atoms with Gasteiger partial charge in [-0.1, -0.05) is 60.1 Å². The summed E-state index contributed by atoms with van der Waals surface area (Å²) in [5.41, 5.74) is 1.61. The number of hydrogen-bond acceptors (Lipinski definition) is 3. The second kappa shape index (κ2) is 4.56. The topological polar surface area (TPSA) is 47.3 Å². The zero-order chi connectivity index (χ0) is 16.4. The number of furan rings is 1. The molecule has 114 valence electrons. The quantitative estimate of drug-likeness (QED) is 0.400. The largest absolute Gasteiger partial charge is 0.451 e.